The molecule has 4 nitrogen and oxygen atoms in total. The molecule has 1 N–H and O–H groups in total. The Labute approximate surface area is 93.2 Å². The zero-order valence-electron chi connectivity index (χ0n) is 9.02. The molecule has 0 aliphatic rings. The largest absolute Gasteiger partial charge is 0.367 e. The molecular weight excluding hydrogens is 207 g/mol. The van der Waals surface area contributed by atoms with Crippen LogP contribution in [-0.4, -0.2) is 21.1 Å². The summed E-state index contributed by atoms with van der Waals surface area (Å²) in [6.45, 7) is 0.610. The van der Waals surface area contributed by atoms with E-state index in [1.807, 2.05) is 17.8 Å². The summed E-state index contributed by atoms with van der Waals surface area (Å²) < 4.78 is 15.1. The van der Waals surface area contributed by atoms with Gasteiger partial charge in [0.25, 0.3) is 0 Å². The Bertz CT molecular complexity index is 467. The number of hydrogen-bond donors (Lipinski definition) is 1. The monoisotopic (exact) mass is 220 g/mol. The lowest BCUT2D eigenvalue weighted by Crippen LogP contribution is -2.10. The van der Waals surface area contributed by atoms with E-state index in [4.69, 9.17) is 0 Å². The fraction of sp³-hybridized carbons (Fsp3) is 0.273. The molecule has 0 aromatic carbocycles. The third-order valence-corrected chi connectivity index (χ3v) is 2.32. The van der Waals surface area contributed by atoms with Gasteiger partial charge in [-0.25, -0.2) is 14.4 Å². The predicted octanol–water partition coefficient (Wildman–Crippen LogP) is 1.61. The molecule has 0 saturated carbocycles. The molecule has 2 heterocycles. The molecular formula is C11H13FN4. The minimum atomic E-state index is -0.331. The van der Waals surface area contributed by atoms with E-state index in [0.29, 0.717) is 6.54 Å². The van der Waals surface area contributed by atoms with E-state index in [1.165, 1.54) is 6.07 Å². The topological polar surface area (TPSA) is 42.7 Å². The lowest BCUT2D eigenvalue weighted by atomic mass is 10.4. The van der Waals surface area contributed by atoms with Gasteiger partial charge in [-0.2, -0.15) is 0 Å². The smallest absolute Gasteiger partial charge is 0.165 e. The third-order valence-electron chi connectivity index (χ3n) is 2.32. The van der Waals surface area contributed by atoms with Crippen LogP contribution >= 0.6 is 0 Å². The molecule has 2 aromatic rings. The van der Waals surface area contributed by atoms with Crippen LogP contribution in [0.15, 0.2) is 30.7 Å². The summed E-state index contributed by atoms with van der Waals surface area (Å²) in [4.78, 5) is 8.08. The highest BCUT2D eigenvalue weighted by Crippen LogP contribution is 2.08. The van der Waals surface area contributed by atoms with E-state index in [0.717, 1.165) is 12.2 Å². The van der Waals surface area contributed by atoms with E-state index in [-0.39, 0.29) is 11.6 Å². The van der Waals surface area contributed by atoms with Crippen molar-refractivity contribution in [2.75, 3.05) is 11.9 Å². The quantitative estimate of drug-likeness (QED) is 0.851. The molecule has 5 heteroatoms. The standard InChI is InChI=1S/C11H13FN4/c1-16-8-7-13-10(16)4-6-15-11-9(12)3-2-5-14-11/h2-3,5,7-8H,4,6H2,1H3,(H,14,15). The molecule has 16 heavy (non-hydrogen) atoms. The molecule has 2 rings (SSSR count). The molecule has 0 aliphatic carbocycles. The van der Waals surface area contributed by atoms with Crippen molar-refractivity contribution in [3.8, 4) is 0 Å². The molecule has 84 valence electrons. The number of imidazole rings is 1. The molecule has 0 spiro atoms. The Morgan fingerprint density at radius 2 is 2.25 bits per heavy atom. The van der Waals surface area contributed by atoms with Gasteiger partial charge in [-0.05, 0) is 12.1 Å². The fourth-order valence-electron chi connectivity index (χ4n) is 1.45. The first-order chi connectivity index (χ1) is 7.77. The highest BCUT2D eigenvalue weighted by Gasteiger charge is 2.02. The Hall–Kier alpha value is -1.91. The van der Waals surface area contributed by atoms with Crippen LogP contribution in [0.25, 0.3) is 0 Å². The Balaban J connectivity index is 1.89. The van der Waals surface area contributed by atoms with Gasteiger partial charge in [0.15, 0.2) is 11.6 Å². The zero-order valence-corrected chi connectivity index (χ0v) is 9.02. The average Bonchev–Trinajstić information content (AvgIpc) is 2.67. The van der Waals surface area contributed by atoms with Gasteiger partial charge >= 0.3 is 0 Å². The summed E-state index contributed by atoms with van der Waals surface area (Å²) in [5.41, 5.74) is 0. The van der Waals surface area contributed by atoms with Gasteiger partial charge in [0.05, 0.1) is 0 Å². The lowest BCUT2D eigenvalue weighted by Gasteiger charge is -2.05. The van der Waals surface area contributed by atoms with E-state index >= 15 is 0 Å². The molecule has 0 atom stereocenters. The fourth-order valence-corrected chi connectivity index (χ4v) is 1.45. The van der Waals surface area contributed by atoms with Crippen LogP contribution in [0, 0.1) is 5.82 Å². The Kier molecular flexibility index (Phi) is 3.14. The summed E-state index contributed by atoms with van der Waals surface area (Å²) in [7, 11) is 1.93. The molecule has 2 aromatic heterocycles. The van der Waals surface area contributed by atoms with Crippen LogP contribution in [-0.2, 0) is 13.5 Å². The minimum absolute atomic E-state index is 0.289. The molecule has 0 radical (unpaired) electrons. The molecule has 0 unspecified atom stereocenters. The number of nitrogens with one attached hydrogen (secondary N) is 1. The van der Waals surface area contributed by atoms with Crippen LogP contribution in [0.2, 0.25) is 0 Å². The number of anilines is 1. The van der Waals surface area contributed by atoms with Crippen molar-refractivity contribution in [3.05, 3.63) is 42.4 Å². The first-order valence-electron chi connectivity index (χ1n) is 5.08. The number of rotatable bonds is 4. The summed E-state index contributed by atoms with van der Waals surface area (Å²) >= 11 is 0. The normalized spacial score (nSPS) is 10.4. The van der Waals surface area contributed by atoms with Gasteiger partial charge in [0, 0.05) is 38.6 Å². The van der Waals surface area contributed by atoms with Gasteiger partial charge in [-0.3, -0.25) is 0 Å². The van der Waals surface area contributed by atoms with Crippen LogP contribution in [0.4, 0.5) is 10.2 Å². The summed E-state index contributed by atoms with van der Waals surface area (Å²) in [6.07, 6.45) is 5.93. The van der Waals surface area contributed by atoms with Crippen molar-refractivity contribution in [3.63, 3.8) is 0 Å². The summed E-state index contributed by atoms with van der Waals surface area (Å²) in [5, 5.41) is 2.94. The lowest BCUT2D eigenvalue weighted by molar-refractivity contribution is 0.624. The second-order valence-electron chi connectivity index (χ2n) is 3.46. The first-order valence-corrected chi connectivity index (χ1v) is 5.08. The zero-order chi connectivity index (χ0) is 11.4. The van der Waals surface area contributed by atoms with Crippen molar-refractivity contribution in [2.45, 2.75) is 6.42 Å². The highest BCUT2D eigenvalue weighted by molar-refractivity contribution is 5.35. The summed E-state index contributed by atoms with van der Waals surface area (Å²) in [5.74, 6) is 0.919. The van der Waals surface area contributed by atoms with Crippen molar-refractivity contribution in [1.29, 1.82) is 0 Å². The van der Waals surface area contributed by atoms with Crippen molar-refractivity contribution < 1.29 is 4.39 Å². The van der Waals surface area contributed by atoms with Crippen LogP contribution < -0.4 is 5.32 Å². The van der Waals surface area contributed by atoms with E-state index in [1.54, 1.807) is 18.5 Å². The first kappa shape index (κ1) is 10.6. The summed E-state index contributed by atoms with van der Waals surface area (Å²) in [6, 6.07) is 2.95. The number of hydrogen-bond acceptors (Lipinski definition) is 3. The van der Waals surface area contributed by atoms with Crippen molar-refractivity contribution >= 4 is 5.82 Å². The molecule has 0 saturated heterocycles. The van der Waals surface area contributed by atoms with Crippen molar-refractivity contribution in [2.24, 2.45) is 7.05 Å². The molecule has 0 amide bonds. The van der Waals surface area contributed by atoms with Gasteiger partial charge in [-0.15, -0.1) is 0 Å². The van der Waals surface area contributed by atoms with Crippen LogP contribution in [0.3, 0.4) is 0 Å². The number of pyridine rings is 1. The third kappa shape index (κ3) is 2.36. The second-order valence-corrected chi connectivity index (χ2v) is 3.46. The number of halogens is 1. The van der Waals surface area contributed by atoms with E-state index in [9.17, 15) is 4.39 Å². The number of aromatic nitrogens is 3. The van der Waals surface area contributed by atoms with E-state index < -0.39 is 0 Å². The molecule has 0 aliphatic heterocycles. The van der Waals surface area contributed by atoms with Gasteiger partial charge < -0.3 is 9.88 Å². The maximum Gasteiger partial charge on any atom is 0.165 e. The van der Waals surface area contributed by atoms with Crippen LogP contribution in [0.1, 0.15) is 5.82 Å². The predicted molar refractivity (Wildman–Crippen MR) is 59.6 cm³/mol. The molecule has 0 bridgehead atoms. The Morgan fingerprint density at radius 1 is 1.38 bits per heavy atom. The maximum absolute atomic E-state index is 13.2. The highest BCUT2D eigenvalue weighted by atomic mass is 19.1. The average molecular weight is 220 g/mol. The number of nitrogens with zero attached hydrogens (tertiary/aromatic N) is 3. The maximum atomic E-state index is 13.2. The van der Waals surface area contributed by atoms with Gasteiger partial charge in [-0.1, -0.05) is 0 Å². The second kappa shape index (κ2) is 4.74. The Morgan fingerprint density at radius 3 is 2.94 bits per heavy atom. The van der Waals surface area contributed by atoms with Gasteiger partial charge in [0.1, 0.15) is 5.82 Å². The van der Waals surface area contributed by atoms with E-state index in [2.05, 4.69) is 15.3 Å². The SMILES string of the molecule is Cn1ccnc1CCNc1ncccc1F. The van der Waals surface area contributed by atoms with Crippen molar-refractivity contribution in [1.82, 2.24) is 14.5 Å². The number of aryl methyl sites for hydroxylation is 1. The van der Waals surface area contributed by atoms with Gasteiger partial charge in [0.2, 0.25) is 0 Å². The van der Waals surface area contributed by atoms with Crippen LogP contribution in [0.5, 0.6) is 0 Å². The molecule has 0 fully saturated rings. The minimum Gasteiger partial charge on any atom is -0.367 e.